The van der Waals surface area contributed by atoms with Gasteiger partial charge >= 0.3 is 6.18 Å². The monoisotopic (exact) mass is 468 g/mol. The molecule has 0 aliphatic carbocycles. The van der Waals surface area contributed by atoms with Gasteiger partial charge in [-0.3, -0.25) is 9.52 Å². The fourth-order valence-electron chi connectivity index (χ4n) is 2.71. The molecule has 162 valence electrons. The maximum atomic E-state index is 13.2. The number of sulfonamides is 1. The van der Waals surface area contributed by atoms with Crippen molar-refractivity contribution >= 4 is 38.9 Å². The minimum absolute atomic E-state index is 0.0314. The molecule has 0 atom stereocenters. The van der Waals surface area contributed by atoms with Crippen LogP contribution in [0.15, 0.2) is 71.6 Å². The molecule has 0 aromatic heterocycles. The number of rotatable bonds is 5. The summed E-state index contributed by atoms with van der Waals surface area (Å²) in [5.41, 5.74) is -0.622. The molecule has 0 spiro atoms. The van der Waals surface area contributed by atoms with Crippen molar-refractivity contribution in [2.75, 3.05) is 10.0 Å². The van der Waals surface area contributed by atoms with Crippen LogP contribution in [0.4, 0.5) is 24.5 Å². The number of amides is 1. The van der Waals surface area contributed by atoms with Crippen LogP contribution in [0, 0.1) is 6.92 Å². The normalized spacial score (nSPS) is 11.8. The Bertz CT molecular complexity index is 1230. The fourth-order valence-corrected chi connectivity index (χ4v) is 3.93. The number of hydrogen-bond acceptors (Lipinski definition) is 3. The van der Waals surface area contributed by atoms with E-state index in [1.807, 2.05) is 6.92 Å². The minimum atomic E-state index is -4.72. The molecule has 0 aliphatic rings. The predicted molar refractivity (Wildman–Crippen MR) is 113 cm³/mol. The van der Waals surface area contributed by atoms with Crippen LogP contribution in [-0.4, -0.2) is 14.3 Å². The van der Waals surface area contributed by atoms with Crippen molar-refractivity contribution in [3.8, 4) is 0 Å². The summed E-state index contributed by atoms with van der Waals surface area (Å²) >= 11 is 5.64. The van der Waals surface area contributed by atoms with Crippen LogP contribution in [0.5, 0.6) is 0 Å². The quantitative estimate of drug-likeness (QED) is 0.503. The van der Waals surface area contributed by atoms with E-state index >= 15 is 0 Å². The van der Waals surface area contributed by atoms with Crippen molar-refractivity contribution in [3.05, 3.63) is 88.4 Å². The molecule has 0 bridgehead atoms. The lowest BCUT2D eigenvalue weighted by Gasteiger charge is -2.14. The largest absolute Gasteiger partial charge is 0.418 e. The molecule has 0 heterocycles. The molecule has 0 saturated carbocycles. The van der Waals surface area contributed by atoms with Crippen molar-refractivity contribution in [2.45, 2.75) is 18.0 Å². The fraction of sp³-hybridized carbons (Fsp3) is 0.0952. The molecule has 2 N–H and O–H groups in total. The summed E-state index contributed by atoms with van der Waals surface area (Å²) in [7, 11) is -3.91. The Kier molecular flexibility index (Phi) is 6.28. The van der Waals surface area contributed by atoms with Gasteiger partial charge in [-0.05, 0) is 55.5 Å². The summed E-state index contributed by atoms with van der Waals surface area (Å²) in [5, 5.41) is 2.07. The van der Waals surface area contributed by atoms with Crippen LogP contribution < -0.4 is 10.0 Å². The van der Waals surface area contributed by atoms with Crippen molar-refractivity contribution in [1.29, 1.82) is 0 Å². The molecule has 0 radical (unpaired) electrons. The van der Waals surface area contributed by atoms with Crippen molar-refractivity contribution in [1.82, 2.24) is 0 Å². The highest BCUT2D eigenvalue weighted by Crippen LogP contribution is 2.36. The molecule has 0 saturated heterocycles. The summed E-state index contributed by atoms with van der Waals surface area (Å²) in [4.78, 5) is 12.5. The number of benzene rings is 3. The van der Waals surface area contributed by atoms with Gasteiger partial charge in [-0.1, -0.05) is 35.4 Å². The van der Waals surface area contributed by atoms with E-state index in [2.05, 4.69) is 10.0 Å². The lowest BCUT2D eigenvalue weighted by Crippen LogP contribution is -2.17. The van der Waals surface area contributed by atoms with E-state index < -0.39 is 33.4 Å². The number of carbonyl (C=O) groups is 1. The number of halogens is 4. The second-order valence-electron chi connectivity index (χ2n) is 6.64. The Hall–Kier alpha value is -3.04. The van der Waals surface area contributed by atoms with Gasteiger partial charge in [0.15, 0.2) is 0 Å². The highest BCUT2D eigenvalue weighted by molar-refractivity contribution is 7.92. The van der Waals surface area contributed by atoms with Gasteiger partial charge in [0.2, 0.25) is 0 Å². The molecule has 0 aliphatic heterocycles. The summed E-state index contributed by atoms with van der Waals surface area (Å²) in [6, 6.07) is 14.5. The SMILES string of the molecule is Cc1ccc(S(=O)(=O)Nc2cccc(C(=O)Nc3ccc(Cl)cc3C(F)(F)F)c2)cc1. The van der Waals surface area contributed by atoms with Crippen LogP contribution in [0.2, 0.25) is 5.02 Å². The molecule has 1 amide bonds. The number of nitrogens with one attached hydrogen (secondary N) is 2. The van der Waals surface area contributed by atoms with Crippen LogP contribution in [0.1, 0.15) is 21.5 Å². The van der Waals surface area contributed by atoms with E-state index in [9.17, 15) is 26.4 Å². The molecule has 3 aromatic rings. The molecule has 3 rings (SSSR count). The second kappa shape index (κ2) is 8.60. The van der Waals surface area contributed by atoms with E-state index in [0.29, 0.717) is 6.07 Å². The third-order valence-electron chi connectivity index (χ3n) is 4.24. The maximum Gasteiger partial charge on any atom is 0.418 e. The standard InChI is InChI=1S/C21H16ClF3N2O3S/c1-13-5-8-17(9-6-13)31(29,30)27-16-4-2-3-14(11-16)20(28)26-19-10-7-15(22)12-18(19)21(23,24)25/h2-12,27H,1H3,(H,26,28). The van der Waals surface area contributed by atoms with Crippen molar-refractivity contribution in [2.24, 2.45) is 0 Å². The summed E-state index contributed by atoms with van der Waals surface area (Å²) in [6.45, 7) is 1.82. The first-order valence-electron chi connectivity index (χ1n) is 8.83. The topological polar surface area (TPSA) is 75.3 Å². The van der Waals surface area contributed by atoms with Gasteiger partial charge in [-0.2, -0.15) is 13.2 Å². The highest BCUT2D eigenvalue weighted by Gasteiger charge is 2.34. The van der Waals surface area contributed by atoms with E-state index in [-0.39, 0.29) is 21.2 Å². The molecule has 31 heavy (non-hydrogen) atoms. The van der Waals surface area contributed by atoms with Crippen LogP contribution in [0.25, 0.3) is 0 Å². The smallest absolute Gasteiger partial charge is 0.321 e. The lowest BCUT2D eigenvalue weighted by molar-refractivity contribution is -0.136. The zero-order valence-corrected chi connectivity index (χ0v) is 17.6. The van der Waals surface area contributed by atoms with Gasteiger partial charge in [-0.25, -0.2) is 8.42 Å². The van der Waals surface area contributed by atoms with Crippen molar-refractivity contribution < 1.29 is 26.4 Å². The summed E-state index contributed by atoms with van der Waals surface area (Å²) in [6.07, 6.45) is -4.72. The first-order chi connectivity index (χ1) is 14.5. The third-order valence-corrected chi connectivity index (χ3v) is 5.88. The van der Waals surface area contributed by atoms with Gasteiger partial charge in [0, 0.05) is 16.3 Å². The first-order valence-corrected chi connectivity index (χ1v) is 10.7. The highest BCUT2D eigenvalue weighted by atomic mass is 35.5. The van der Waals surface area contributed by atoms with Crippen molar-refractivity contribution in [3.63, 3.8) is 0 Å². The van der Waals surface area contributed by atoms with E-state index in [4.69, 9.17) is 11.6 Å². The summed E-state index contributed by atoms with van der Waals surface area (Å²) in [5.74, 6) is -0.843. The lowest BCUT2D eigenvalue weighted by atomic mass is 10.1. The molecular formula is C21H16ClF3N2O3S. The average molecular weight is 469 g/mol. The molecular weight excluding hydrogens is 453 g/mol. The van der Waals surface area contributed by atoms with Crippen LogP contribution in [-0.2, 0) is 16.2 Å². The number of anilines is 2. The number of aryl methyl sites for hydroxylation is 1. The van der Waals surface area contributed by atoms with E-state index in [1.165, 1.54) is 42.5 Å². The molecule has 0 unspecified atom stereocenters. The number of carbonyl (C=O) groups excluding carboxylic acids is 1. The predicted octanol–water partition coefficient (Wildman–Crippen LogP) is 5.72. The van der Waals surface area contributed by atoms with E-state index in [0.717, 1.165) is 11.6 Å². The average Bonchev–Trinajstić information content (AvgIpc) is 2.68. The van der Waals surface area contributed by atoms with Gasteiger partial charge in [0.05, 0.1) is 16.1 Å². The number of hydrogen-bond donors (Lipinski definition) is 2. The summed E-state index contributed by atoms with van der Waals surface area (Å²) < 4.78 is 67.1. The van der Waals surface area contributed by atoms with Crippen LogP contribution in [0.3, 0.4) is 0 Å². The molecule has 10 heteroatoms. The molecule has 0 fully saturated rings. The van der Waals surface area contributed by atoms with Crippen LogP contribution >= 0.6 is 11.6 Å². The third kappa shape index (κ3) is 5.56. The molecule has 3 aromatic carbocycles. The van der Waals surface area contributed by atoms with Gasteiger partial charge in [0.1, 0.15) is 0 Å². The Labute approximate surface area is 181 Å². The minimum Gasteiger partial charge on any atom is -0.321 e. The Balaban J connectivity index is 1.84. The Morgan fingerprint density at radius 2 is 1.65 bits per heavy atom. The molecule has 5 nitrogen and oxygen atoms in total. The second-order valence-corrected chi connectivity index (χ2v) is 8.76. The van der Waals surface area contributed by atoms with E-state index in [1.54, 1.807) is 12.1 Å². The maximum absolute atomic E-state index is 13.2. The van der Waals surface area contributed by atoms with Gasteiger partial charge in [0.25, 0.3) is 15.9 Å². The Morgan fingerprint density at radius 1 is 0.968 bits per heavy atom. The van der Waals surface area contributed by atoms with Gasteiger partial charge in [-0.15, -0.1) is 0 Å². The first kappa shape index (κ1) is 22.6. The Morgan fingerprint density at radius 3 is 2.29 bits per heavy atom. The zero-order chi connectivity index (χ0) is 22.8. The zero-order valence-electron chi connectivity index (χ0n) is 16.0. The number of alkyl halides is 3. The van der Waals surface area contributed by atoms with Gasteiger partial charge < -0.3 is 5.32 Å².